The first kappa shape index (κ1) is 18.6. The molecule has 0 radical (unpaired) electrons. The lowest BCUT2D eigenvalue weighted by molar-refractivity contribution is 0.0791. The Labute approximate surface area is 129 Å². The molecule has 0 saturated carbocycles. The van der Waals surface area contributed by atoms with Crippen molar-refractivity contribution in [2.24, 2.45) is 11.7 Å². The van der Waals surface area contributed by atoms with Crippen LogP contribution in [0.2, 0.25) is 18.1 Å². The molecule has 2 unspecified atom stereocenters. The van der Waals surface area contributed by atoms with Crippen molar-refractivity contribution in [1.29, 1.82) is 0 Å². The second kappa shape index (κ2) is 6.73. The van der Waals surface area contributed by atoms with Crippen molar-refractivity contribution in [3.63, 3.8) is 0 Å². The molecule has 0 heterocycles. The van der Waals surface area contributed by atoms with E-state index in [1.54, 1.807) is 7.11 Å². The molecule has 0 aliphatic heterocycles. The fourth-order valence-electron chi connectivity index (χ4n) is 1.96. The number of nitrogens with two attached hydrogens (primary N) is 1. The summed E-state index contributed by atoms with van der Waals surface area (Å²) < 4.78 is 25.5. The van der Waals surface area contributed by atoms with Crippen molar-refractivity contribution in [3.05, 3.63) is 23.6 Å². The minimum absolute atomic E-state index is 0.0319. The molecule has 1 aliphatic rings. The first-order chi connectivity index (χ1) is 9.49. The Morgan fingerprint density at radius 2 is 1.95 bits per heavy atom. The molecule has 122 valence electrons. The summed E-state index contributed by atoms with van der Waals surface area (Å²) in [5.74, 6) is -0.315. The topological polar surface area (TPSA) is 44.5 Å². The molecule has 0 saturated heterocycles. The summed E-state index contributed by atoms with van der Waals surface area (Å²) in [4.78, 5) is 0. The van der Waals surface area contributed by atoms with E-state index >= 15 is 0 Å². The number of methoxy groups -OCH3 is 1. The normalized spacial score (nSPS) is 25.4. The van der Waals surface area contributed by atoms with E-state index in [1.807, 2.05) is 13.0 Å². The van der Waals surface area contributed by atoms with E-state index in [2.05, 4.69) is 33.9 Å². The molecule has 0 aromatic heterocycles. The molecule has 0 amide bonds. The lowest BCUT2D eigenvalue weighted by atomic mass is 9.90. The van der Waals surface area contributed by atoms with Crippen LogP contribution in [0.4, 0.5) is 4.39 Å². The molecule has 0 spiro atoms. The van der Waals surface area contributed by atoms with E-state index in [-0.39, 0.29) is 22.9 Å². The fourth-order valence-corrected chi connectivity index (χ4v) is 2.96. The fraction of sp³-hybridized carbons (Fsp3) is 0.750. The highest BCUT2D eigenvalue weighted by Crippen LogP contribution is 2.37. The van der Waals surface area contributed by atoms with Gasteiger partial charge in [-0.1, -0.05) is 33.8 Å². The maximum atomic E-state index is 13.8. The van der Waals surface area contributed by atoms with E-state index in [4.69, 9.17) is 14.9 Å². The molecule has 2 N–H and O–H groups in total. The second-order valence-electron chi connectivity index (χ2n) is 7.38. The molecule has 1 rings (SSSR count). The van der Waals surface area contributed by atoms with Gasteiger partial charge in [-0.15, -0.1) is 0 Å². The first-order valence-electron chi connectivity index (χ1n) is 7.50. The van der Waals surface area contributed by atoms with Crippen LogP contribution in [0.5, 0.6) is 0 Å². The summed E-state index contributed by atoms with van der Waals surface area (Å²) >= 11 is 0. The third-order valence-corrected chi connectivity index (χ3v) is 9.20. The Morgan fingerprint density at radius 3 is 2.38 bits per heavy atom. The SMILES string of the molecule is COC(CO[Si](C)(C)C(C)(C)C)C1=C[C@H](C)C(N)C(F)=C1. The Morgan fingerprint density at radius 1 is 1.38 bits per heavy atom. The number of halogens is 1. The minimum Gasteiger partial charge on any atom is -0.414 e. The Bertz CT molecular complexity index is 426. The molecule has 21 heavy (non-hydrogen) atoms. The highest BCUT2D eigenvalue weighted by atomic mass is 28.4. The van der Waals surface area contributed by atoms with Gasteiger partial charge in [0, 0.05) is 7.11 Å². The molecule has 0 fully saturated rings. The second-order valence-corrected chi connectivity index (χ2v) is 12.2. The predicted molar refractivity (Wildman–Crippen MR) is 88.4 cm³/mol. The van der Waals surface area contributed by atoms with Gasteiger partial charge >= 0.3 is 0 Å². The molecular formula is C16H30FNO2Si. The third kappa shape index (κ3) is 4.49. The van der Waals surface area contributed by atoms with Crippen molar-refractivity contribution < 1.29 is 13.6 Å². The molecular weight excluding hydrogens is 285 g/mol. The van der Waals surface area contributed by atoms with Gasteiger partial charge in [0.1, 0.15) is 11.9 Å². The van der Waals surface area contributed by atoms with Crippen molar-refractivity contribution in [1.82, 2.24) is 0 Å². The highest BCUT2D eigenvalue weighted by molar-refractivity contribution is 6.74. The van der Waals surface area contributed by atoms with Crippen LogP contribution in [0.15, 0.2) is 23.6 Å². The molecule has 5 heteroatoms. The summed E-state index contributed by atoms with van der Waals surface area (Å²) in [5, 5.41) is 0.142. The van der Waals surface area contributed by atoms with Crippen LogP contribution >= 0.6 is 0 Å². The van der Waals surface area contributed by atoms with E-state index < -0.39 is 14.4 Å². The van der Waals surface area contributed by atoms with Gasteiger partial charge in [0.15, 0.2) is 8.32 Å². The summed E-state index contributed by atoms with van der Waals surface area (Å²) in [6.07, 6.45) is 3.23. The molecule has 0 aromatic carbocycles. The Kier molecular flexibility index (Phi) is 5.95. The number of hydrogen-bond donors (Lipinski definition) is 1. The average molecular weight is 316 g/mol. The van der Waals surface area contributed by atoms with E-state index in [0.717, 1.165) is 5.57 Å². The number of rotatable bonds is 5. The van der Waals surface area contributed by atoms with Crippen molar-refractivity contribution in [2.45, 2.75) is 58.0 Å². The minimum atomic E-state index is -1.84. The molecule has 0 aromatic rings. The van der Waals surface area contributed by atoms with Gasteiger partial charge in [0.25, 0.3) is 0 Å². The van der Waals surface area contributed by atoms with Gasteiger partial charge in [-0.2, -0.15) is 0 Å². The lowest BCUT2D eigenvalue weighted by Crippen LogP contribution is -2.43. The monoisotopic (exact) mass is 315 g/mol. The van der Waals surface area contributed by atoms with E-state index in [0.29, 0.717) is 6.61 Å². The zero-order valence-electron chi connectivity index (χ0n) is 14.4. The van der Waals surface area contributed by atoms with Gasteiger partial charge < -0.3 is 14.9 Å². The maximum Gasteiger partial charge on any atom is 0.192 e. The van der Waals surface area contributed by atoms with Gasteiger partial charge in [-0.05, 0) is 35.7 Å². The molecule has 3 nitrogen and oxygen atoms in total. The summed E-state index contributed by atoms with van der Waals surface area (Å²) in [6.45, 7) is 13.3. The van der Waals surface area contributed by atoms with Crippen molar-refractivity contribution >= 4 is 8.32 Å². The number of ether oxygens (including phenoxy) is 1. The molecule has 0 bridgehead atoms. The van der Waals surface area contributed by atoms with Gasteiger partial charge in [-0.25, -0.2) is 4.39 Å². The summed E-state index contributed by atoms with van der Waals surface area (Å²) in [7, 11) is -0.211. The van der Waals surface area contributed by atoms with Gasteiger partial charge in [-0.3, -0.25) is 0 Å². The van der Waals surface area contributed by atoms with Gasteiger partial charge in [0.2, 0.25) is 0 Å². The van der Waals surface area contributed by atoms with Crippen LogP contribution in [0.25, 0.3) is 0 Å². The van der Waals surface area contributed by atoms with Crippen LogP contribution in [-0.4, -0.2) is 34.2 Å². The summed E-state index contributed by atoms with van der Waals surface area (Å²) in [6, 6.07) is -0.549. The highest BCUT2D eigenvalue weighted by Gasteiger charge is 2.38. The third-order valence-electron chi connectivity index (χ3n) is 4.70. The average Bonchev–Trinajstić information content (AvgIpc) is 2.35. The predicted octanol–water partition coefficient (Wildman–Crippen LogP) is 3.78. The Hall–Kier alpha value is -0.493. The largest absolute Gasteiger partial charge is 0.414 e. The van der Waals surface area contributed by atoms with Crippen LogP contribution < -0.4 is 5.73 Å². The van der Waals surface area contributed by atoms with Crippen LogP contribution in [0, 0.1) is 5.92 Å². The quantitative estimate of drug-likeness (QED) is 0.785. The standard InChI is InChI=1S/C16H30FNO2Si/c1-11-8-12(9-13(17)15(11)18)14(19-5)10-20-21(6,7)16(2,3)4/h8-9,11,14-15H,10,18H2,1-7H3/t11-,14?,15?/m0/s1. The van der Waals surface area contributed by atoms with E-state index in [1.165, 1.54) is 6.08 Å². The van der Waals surface area contributed by atoms with Crippen LogP contribution in [0.1, 0.15) is 27.7 Å². The zero-order valence-corrected chi connectivity index (χ0v) is 15.4. The number of hydrogen-bond acceptors (Lipinski definition) is 3. The van der Waals surface area contributed by atoms with Crippen molar-refractivity contribution in [3.8, 4) is 0 Å². The first-order valence-corrected chi connectivity index (χ1v) is 10.4. The lowest BCUT2D eigenvalue weighted by Gasteiger charge is -2.37. The zero-order chi connectivity index (χ0) is 16.4. The van der Waals surface area contributed by atoms with E-state index in [9.17, 15) is 4.39 Å². The smallest absolute Gasteiger partial charge is 0.192 e. The van der Waals surface area contributed by atoms with Crippen LogP contribution in [-0.2, 0) is 9.16 Å². The molecule has 3 atom stereocenters. The van der Waals surface area contributed by atoms with Crippen LogP contribution in [0.3, 0.4) is 0 Å². The van der Waals surface area contributed by atoms with Crippen molar-refractivity contribution in [2.75, 3.05) is 13.7 Å². The molecule has 1 aliphatic carbocycles. The van der Waals surface area contributed by atoms with Gasteiger partial charge in [0.05, 0.1) is 12.6 Å². The maximum absolute atomic E-state index is 13.8. The summed E-state index contributed by atoms with van der Waals surface area (Å²) in [5.41, 5.74) is 6.59. The Balaban J connectivity index is 2.80.